The molecule has 124 valence electrons. The average molecular weight is 337 g/mol. The maximum Gasteiger partial charge on any atom is 0.227 e. The van der Waals surface area contributed by atoms with Crippen LogP contribution in [0.1, 0.15) is 25.1 Å². The molecule has 0 spiro atoms. The maximum atomic E-state index is 12.4. The van der Waals surface area contributed by atoms with Gasteiger partial charge in [0.2, 0.25) is 5.91 Å². The van der Waals surface area contributed by atoms with E-state index in [1.807, 2.05) is 31.2 Å². The van der Waals surface area contributed by atoms with E-state index in [9.17, 15) is 4.79 Å². The van der Waals surface area contributed by atoms with Crippen LogP contribution in [-0.4, -0.2) is 32.7 Å². The summed E-state index contributed by atoms with van der Waals surface area (Å²) in [6.45, 7) is 2.40. The van der Waals surface area contributed by atoms with Crippen molar-refractivity contribution in [3.63, 3.8) is 0 Å². The zero-order valence-electron chi connectivity index (χ0n) is 13.0. The Bertz CT molecular complexity index is 673. The van der Waals surface area contributed by atoms with E-state index in [0.29, 0.717) is 18.3 Å². The van der Waals surface area contributed by atoms with Crippen LogP contribution in [0.3, 0.4) is 0 Å². The van der Waals surface area contributed by atoms with Crippen LogP contribution in [0.15, 0.2) is 24.3 Å². The van der Waals surface area contributed by atoms with Gasteiger partial charge in [0.25, 0.3) is 0 Å². The van der Waals surface area contributed by atoms with Crippen molar-refractivity contribution in [3.05, 3.63) is 30.1 Å². The zero-order chi connectivity index (χ0) is 15.5. The summed E-state index contributed by atoms with van der Waals surface area (Å²) >= 11 is 0. The lowest BCUT2D eigenvalue weighted by atomic mass is 9.95. The molecule has 1 fully saturated rings. The number of anilines is 1. The van der Waals surface area contributed by atoms with Gasteiger partial charge in [-0.3, -0.25) is 4.79 Å². The van der Waals surface area contributed by atoms with Crippen molar-refractivity contribution in [1.29, 1.82) is 0 Å². The van der Waals surface area contributed by atoms with Gasteiger partial charge in [-0.2, -0.15) is 4.68 Å². The lowest BCUT2D eigenvalue weighted by molar-refractivity contribution is -0.120. The highest BCUT2D eigenvalue weighted by Crippen LogP contribution is 2.32. The number of aryl methyl sites for hydroxylation is 1. The molecule has 1 aromatic heterocycles. The fraction of sp³-hybridized carbons (Fsp3) is 0.467. The fourth-order valence-corrected chi connectivity index (χ4v) is 3.08. The van der Waals surface area contributed by atoms with Crippen molar-refractivity contribution in [2.24, 2.45) is 17.6 Å². The fourth-order valence-electron chi connectivity index (χ4n) is 3.08. The third kappa shape index (κ3) is 3.68. The van der Waals surface area contributed by atoms with E-state index >= 15 is 0 Å². The predicted octanol–water partition coefficient (Wildman–Crippen LogP) is 1.71. The van der Waals surface area contributed by atoms with Crippen molar-refractivity contribution >= 4 is 24.0 Å². The monoisotopic (exact) mass is 336 g/mol. The number of aromatic nitrogens is 4. The van der Waals surface area contributed by atoms with E-state index in [1.54, 1.807) is 4.68 Å². The highest BCUT2D eigenvalue weighted by molar-refractivity contribution is 5.93. The molecular formula is C15H21ClN6O. The topological polar surface area (TPSA) is 98.7 Å². The van der Waals surface area contributed by atoms with Crippen molar-refractivity contribution in [2.75, 3.05) is 11.9 Å². The van der Waals surface area contributed by atoms with Gasteiger partial charge in [-0.15, -0.1) is 17.5 Å². The second-order valence-electron chi connectivity index (χ2n) is 5.71. The molecule has 0 saturated heterocycles. The van der Waals surface area contributed by atoms with E-state index < -0.39 is 0 Å². The molecular weight excluding hydrogens is 316 g/mol. The Labute approximate surface area is 141 Å². The first kappa shape index (κ1) is 17.4. The molecule has 1 heterocycles. The number of tetrazole rings is 1. The molecule has 1 aliphatic carbocycles. The van der Waals surface area contributed by atoms with Crippen LogP contribution in [0, 0.1) is 18.8 Å². The SMILES string of the molecule is Cc1nnnn1-c1cccc(NC(=O)[C@@H]2CCC[C@@H]2CN)c1.Cl. The minimum Gasteiger partial charge on any atom is -0.330 e. The number of nitrogens with one attached hydrogen (secondary N) is 1. The number of carbonyl (C=O) groups excluding carboxylic acids is 1. The molecule has 0 aliphatic heterocycles. The van der Waals surface area contributed by atoms with E-state index in [-0.39, 0.29) is 24.2 Å². The van der Waals surface area contributed by atoms with Gasteiger partial charge in [-0.05, 0) is 60.9 Å². The molecule has 0 radical (unpaired) electrons. The second kappa shape index (κ2) is 7.52. The number of halogens is 1. The summed E-state index contributed by atoms with van der Waals surface area (Å²) in [6, 6.07) is 7.51. The molecule has 1 amide bonds. The molecule has 2 atom stereocenters. The molecule has 23 heavy (non-hydrogen) atoms. The normalized spacial score (nSPS) is 20.1. The van der Waals surface area contributed by atoms with Gasteiger partial charge in [-0.25, -0.2) is 0 Å². The first-order chi connectivity index (χ1) is 10.7. The molecule has 7 nitrogen and oxygen atoms in total. The molecule has 0 bridgehead atoms. The average Bonchev–Trinajstić information content (AvgIpc) is 3.15. The first-order valence-corrected chi connectivity index (χ1v) is 7.55. The second-order valence-corrected chi connectivity index (χ2v) is 5.71. The quantitative estimate of drug-likeness (QED) is 0.885. The lowest BCUT2D eigenvalue weighted by Gasteiger charge is -2.17. The Hall–Kier alpha value is -1.99. The summed E-state index contributed by atoms with van der Waals surface area (Å²) in [6.07, 6.45) is 3.03. The van der Waals surface area contributed by atoms with Crippen LogP contribution in [-0.2, 0) is 4.79 Å². The zero-order valence-corrected chi connectivity index (χ0v) is 13.8. The van der Waals surface area contributed by atoms with Crippen LogP contribution in [0.4, 0.5) is 5.69 Å². The number of hydrogen-bond acceptors (Lipinski definition) is 5. The van der Waals surface area contributed by atoms with E-state index in [4.69, 9.17) is 5.73 Å². The number of hydrogen-bond donors (Lipinski definition) is 2. The molecule has 0 unspecified atom stereocenters. The lowest BCUT2D eigenvalue weighted by Crippen LogP contribution is -2.29. The summed E-state index contributed by atoms with van der Waals surface area (Å²) in [4.78, 5) is 12.4. The number of amides is 1. The number of rotatable bonds is 4. The van der Waals surface area contributed by atoms with Gasteiger partial charge >= 0.3 is 0 Å². The standard InChI is InChI=1S/C15H20N6O.ClH/c1-10-18-19-20-21(10)13-6-3-5-12(8-13)17-15(22)14-7-2-4-11(14)9-16;/h3,5-6,8,11,14H,2,4,7,9,16H2,1H3,(H,17,22);1H/t11-,14-;/m1./s1. The largest absolute Gasteiger partial charge is 0.330 e. The van der Waals surface area contributed by atoms with Crippen LogP contribution in [0.2, 0.25) is 0 Å². The Balaban J connectivity index is 0.00000192. The third-order valence-electron chi connectivity index (χ3n) is 4.28. The molecule has 3 rings (SSSR count). The maximum absolute atomic E-state index is 12.4. The highest BCUT2D eigenvalue weighted by Gasteiger charge is 2.31. The Morgan fingerprint density at radius 3 is 2.96 bits per heavy atom. The number of nitrogens with two attached hydrogens (primary N) is 1. The summed E-state index contributed by atoms with van der Waals surface area (Å²) in [7, 11) is 0. The Kier molecular flexibility index (Phi) is 5.68. The molecule has 1 aliphatic rings. The summed E-state index contributed by atoms with van der Waals surface area (Å²) in [5.74, 6) is 1.06. The Morgan fingerprint density at radius 1 is 1.43 bits per heavy atom. The number of benzene rings is 1. The number of nitrogens with zero attached hydrogens (tertiary/aromatic N) is 4. The van der Waals surface area contributed by atoms with Crippen LogP contribution >= 0.6 is 12.4 Å². The van der Waals surface area contributed by atoms with Crippen LogP contribution in [0.25, 0.3) is 5.69 Å². The minimum absolute atomic E-state index is 0. The highest BCUT2D eigenvalue weighted by atomic mass is 35.5. The van der Waals surface area contributed by atoms with Gasteiger partial charge < -0.3 is 11.1 Å². The van der Waals surface area contributed by atoms with Gasteiger partial charge in [0.05, 0.1) is 5.69 Å². The van der Waals surface area contributed by atoms with Crippen molar-refractivity contribution in [1.82, 2.24) is 20.2 Å². The predicted molar refractivity (Wildman–Crippen MR) is 89.7 cm³/mol. The molecule has 1 saturated carbocycles. The van der Waals surface area contributed by atoms with Crippen LogP contribution in [0.5, 0.6) is 0 Å². The van der Waals surface area contributed by atoms with Crippen LogP contribution < -0.4 is 11.1 Å². The van der Waals surface area contributed by atoms with E-state index in [1.165, 1.54) is 0 Å². The van der Waals surface area contributed by atoms with Crippen molar-refractivity contribution < 1.29 is 4.79 Å². The van der Waals surface area contributed by atoms with Crippen molar-refractivity contribution in [3.8, 4) is 5.69 Å². The summed E-state index contributed by atoms with van der Waals surface area (Å²) < 4.78 is 1.63. The molecule has 1 aromatic carbocycles. The third-order valence-corrected chi connectivity index (χ3v) is 4.28. The van der Waals surface area contributed by atoms with Gasteiger partial charge in [0.15, 0.2) is 5.82 Å². The van der Waals surface area contributed by atoms with E-state index in [2.05, 4.69) is 20.8 Å². The first-order valence-electron chi connectivity index (χ1n) is 7.55. The van der Waals surface area contributed by atoms with Gasteiger partial charge in [0, 0.05) is 11.6 Å². The Morgan fingerprint density at radius 2 is 2.26 bits per heavy atom. The summed E-state index contributed by atoms with van der Waals surface area (Å²) in [5.41, 5.74) is 7.33. The van der Waals surface area contributed by atoms with E-state index in [0.717, 1.165) is 30.6 Å². The van der Waals surface area contributed by atoms with Crippen molar-refractivity contribution in [2.45, 2.75) is 26.2 Å². The minimum atomic E-state index is 0. The summed E-state index contributed by atoms with van der Waals surface area (Å²) in [5, 5.41) is 14.4. The molecule has 2 aromatic rings. The molecule has 3 N–H and O–H groups in total. The smallest absolute Gasteiger partial charge is 0.227 e. The molecule has 8 heteroatoms. The van der Waals surface area contributed by atoms with Gasteiger partial charge in [0.1, 0.15) is 0 Å². The van der Waals surface area contributed by atoms with Gasteiger partial charge in [-0.1, -0.05) is 12.5 Å². The number of carbonyl (C=O) groups is 1.